The number of hydrogen-bond acceptors (Lipinski definition) is 4. The van der Waals surface area contributed by atoms with Crippen molar-refractivity contribution >= 4 is 16.5 Å². The standard InChI is InChI=1S/C10H19N3S/c1-10(2,5-6-11)8-7-12-9(14-8)13(3)4/h7H,5-6,11H2,1-4H3. The summed E-state index contributed by atoms with van der Waals surface area (Å²) < 4.78 is 0. The highest BCUT2D eigenvalue weighted by atomic mass is 32.1. The van der Waals surface area contributed by atoms with Gasteiger partial charge in [-0.05, 0) is 13.0 Å². The average Bonchev–Trinajstić information content (AvgIpc) is 2.51. The van der Waals surface area contributed by atoms with Crippen molar-refractivity contribution in [3.63, 3.8) is 0 Å². The first-order chi connectivity index (χ1) is 6.47. The molecule has 0 aliphatic heterocycles. The van der Waals surface area contributed by atoms with Gasteiger partial charge in [0.05, 0.1) is 0 Å². The van der Waals surface area contributed by atoms with E-state index in [1.807, 2.05) is 25.2 Å². The second kappa shape index (κ2) is 4.28. The Bertz CT molecular complexity index is 291. The van der Waals surface area contributed by atoms with E-state index >= 15 is 0 Å². The highest BCUT2D eigenvalue weighted by molar-refractivity contribution is 7.15. The second-order valence-electron chi connectivity index (χ2n) is 4.32. The first kappa shape index (κ1) is 11.5. The zero-order valence-corrected chi connectivity index (χ0v) is 10.2. The maximum atomic E-state index is 5.59. The third kappa shape index (κ3) is 2.45. The van der Waals surface area contributed by atoms with Crippen LogP contribution in [0, 0.1) is 0 Å². The Morgan fingerprint density at radius 1 is 1.50 bits per heavy atom. The molecule has 1 aromatic rings. The van der Waals surface area contributed by atoms with E-state index in [1.54, 1.807) is 11.3 Å². The van der Waals surface area contributed by atoms with E-state index in [0.717, 1.165) is 18.1 Å². The van der Waals surface area contributed by atoms with Crippen LogP contribution in [0.3, 0.4) is 0 Å². The zero-order chi connectivity index (χ0) is 10.8. The molecule has 0 spiro atoms. The lowest BCUT2D eigenvalue weighted by molar-refractivity contribution is 0.496. The summed E-state index contributed by atoms with van der Waals surface area (Å²) in [6, 6.07) is 0. The van der Waals surface area contributed by atoms with E-state index in [-0.39, 0.29) is 5.41 Å². The molecule has 0 aliphatic carbocycles. The molecular weight excluding hydrogens is 194 g/mol. The zero-order valence-electron chi connectivity index (χ0n) is 9.37. The SMILES string of the molecule is CN(C)c1ncc(C(C)(C)CCN)s1. The smallest absolute Gasteiger partial charge is 0.184 e. The minimum Gasteiger partial charge on any atom is -0.354 e. The van der Waals surface area contributed by atoms with Crippen LogP contribution in [0.1, 0.15) is 25.1 Å². The van der Waals surface area contributed by atoms with Crippen molar-refractivity contribution in [1.82, 2.24) is 4.98 Å². The second-order valence-corrected chi connectivity index (χ2v) is 5.33. The highest BCUT2D eigenvalue weighted by Gasteiger charge is 2.22. The largest absolute Gasteiger partial charge is 0.354 e. The Kier molecular flexibility index (Phi) is 3.50. The molecule has 0 saturated carbocycles. The van der Waals surface area contributed by atoms with E-state index in [1.165, 1.54) is 4.88 Å². The van der Waals surface area contributed by atoms with Crippen LogP contribution in [0.25, 0.3) is 0 Å². The summed E-state index contributed by atoms with van der Waals surface area (Å²) >= 11 is 1.75. The fraction of sp³-hybridized carbons (Fsp3) is 0.700. The lowest BCUT2D eigenvalue weighted by atomic mass is 9.88. The van der Waals surface area contributed by atoms with Gasteiger partial charge in [0.15, 0.2) is 5.13 Å². The Balaban J connectivity index is 2.85. The quantitative estimate of drug-likeness (QED) is 0.830. The molecule has 14 heavy (non-hydrogen) atoms. The van der Waals surface area contributed by atoms with Gasteiger partial charge in [0.25, 0.3) is 0 Å². The molecule has 1 rings (SSSR count). The summed E-state index contributed by atoms with van der Waals surface area (Å²) in [4.78, 5) is 7.71. The first-order valence-electron chi connectivity index (χ1n) is 4.81. The number of nitrogens with zero attached hydrogens (tertiary/aromatic N) is 2. The maximum absolute atomic E-state index is 5.59. The van der Waals surface area contributed by atoms with Crippen molar-refractivity contribution in [2.24, 2.45) is 5.73 Å². The van der Waals surface area contributed by atoms with Crippen molar-refractivity contribution in [1.29, 1.82) is 0 Å². The van der Waals surface area contributed by atoms with Crippen LogP contribution in [0.5, 0.6) is 0 Å². The minimum absolute atomic E-state index is 0.153. The van der Waals surface area contributed by atoms with Crippen molar-refractivity contribution in [2.45, 2.75) is 25.7 Å². The van der Waals surface area contributed by atoms with Gasteiger partial charge in [-0.3, -0.25) is 0 Å². The van der Waals surface area contributed by atoms with E-state index in [2.05, 4.69) is 18.8 Å². The number of rotatable bonds is 4. The average molecular weight is 213 g/mol. The van der Waals surface area contributed by atoms with Gasteiger partial charge >= 0.3 is 0 Å². The molecular formula is C10H19N3S. The molecule has 0 bridgehead atoms. The third-order valence-corrected chi connectivity index (χ3v) is 3.84. The fourth-order valence-electron chi connectivity index (χ4n) is 1.27. The van der Waals surface area contributed by atoms with Crippen LogP contribution >= 0.6 is 11.3 Å². The molecule has 0 saturated heterocycles. The number of anilines is 1. The van der Waals surface area contributed by atoms with Gasteiger partial charge in [-0.2, -0.15) is 0 Å². The molecule has 0 radical (unpaired) electrons. The molecule has 3 nitrogen and oxygen atoms in total. The van der Waals surface area contributed by atoms with Gasteiger partial charge < -0.3 is 10.6 Å². The van der Waals surface area contributed by atoms with E-state index in [0.29, 0.717) is 0 Å². The molecule has 0 aliphatic rings. The molecule has 4 heteroatoms. The predicted molar refractivity (Wildman–Crippen MR) is 63.1 cm³/mol. The molecule has 0 atom stereocenters. The summed E-state index contributed by atoms with van der Waals surface area (Å²) in [6.07, 6.45) is 2.97. The summed E-state index contributed by atoms with van der Waals surface area (Å²) in [6.45, 7) is 5.15. The maximum Gasteiger partial charge on any atom is 0.184 e. The molecule has 2 N–H and O–H groups in total. The van der Waals surface area contributed by atoms with E-state index in [4.69, 9.17) is 5.73 Å². The summed E-state index contributed by atoms with van der Waals surface area (Å²) in [5.74, 6) is 0. The van der Waals surface area contributed by atoms with Crippen LogP contribution in [0.4, 0.5) is 5.13 Å². The molecule has 0 amide bonds. The Morgan fingerprint density at radius 3 is 2.57 bits per heavy atom. The fourth-order valence-corrected chi connectivity index (χ4v) is 2.24. The number of nitrogens with two attached hydrogens (primary N) is 1. The third-order valence-electron chi connectivity index (χ3n) is 2.31. The lowest BCUT2D eigenvalue weighted by Gasteiger charge is -2.21. The van der Waals surface area contributed by atoms with Gasteiger partial charge in [0.2, 0.25) is 0 Å². The summed E-state index contributed by atoms with van der Waals surface area (Å²) in [7, 11) is 4.02. The van der Waals surface area contributed by atoms with E-state index in [9.17, 15) is 0 Å². The van der Waals surface area contributed by atoms with Gasteiger partial charge in [-0.25, -0.2) is 4.98 Å². The Hall–Kier alpha value is -0.610. The number of thiazole rings is 1. The van der Waals surface area contributed by atoms with E-state index < -0.39 is 0 Å². The summed E-state index contributed by atoms with van der Waals surface area (Å²) in [5, 5.41) is 1.06. The van der Waals surface area contributed by atoms with Crippen LogP contribution in [0.2, 0.25) is 0 Å². The first-order valence-corrected chi connectivity index (χ1v) is 5.63. The van der Waals surface area contributed by atoms with Gasteiger partial charge in [-0.1, -0.05) is 13.8 Å². The molecule has 0 aromatic carbocycles. The topological polar surface area (TPSA) is 42.2 Å². The molecule has 1 heterocycles. The van der Waals surface area contributed by atoms with Crippen LogP contribution in [-0.4, -0.2) is 25.6 Å². The van der Waals surface area contributed by atoms with Crippen molar-refractivity contribution < 1.29 is 0 Å². The summed E-state index contributed by atoms with van der Waals surface area (Å²) in [5.41, 5.74) is 5.75. The molecule has 0 unspecified atom stereocenters. The van der Waals surface area contributed by atoms with Crippen molar-refractivity contribution in [3.05, 3.63) is 11.1 Å². The number of aromatic nitrogens is 1. The minimum atomic E-state index is 0.153. The highest BCUT2D eigenvalue weighted by Crippen LogP contribution is 2.33. The molecule has 0 fully saturated rings. The molecule has 1 aromatic heterocycles. The lowest BCUT2D eigenvalue weighted by Crippen LogP contribution is -2.20. The Labute approximate surface area is 89.9 Å². The Morgan fingerprint density at radius 2 is 2.14 bits per heavy atom. The van der Waals surface area contributed by atoms with Crippen molar-refractivity contribution in [2.75, 3.05) is 25.5 Å². The van der Waals surface area contributed by atoms with Crippen LogP contribution < -0.4 is 10.6 Å². The number of hydrogen-bond donors (Lipinski definition) is 1. The predicted octanol–water partition coefficient (Wildman–Crippen LogP) is 1.84. The van der Waals surface area contributed by atoms with Crippen LogP contribution in [0.15, 0.2) is 6.20 Å². The normalized spacial score (nSPS) is 11.8. The van der Waals surface area contributed by atoms with Crippen molar-refractivity contribution in [3.8, 4) is 0 Å². The van der Waals surface area contributed by atoms with Gasteiger partial charge in [-0.15, -0.1) is 11.3 Å². The van der Waals surface area contributed by atoms with Gasteiger partial charge in [0.1, 0.15) is 0 Å². The van der Waals surface area contributed by atoms with Crippen LogP contribution in [-0.2, 0) is 5.41 Å². The molecule has 80 valence electrons. The van der Waals surface area contributed by atoms with Gasteiger partial charge in [0, 0.05) is 30.6 Å². The monoisotopic (exact) mass is 213 g/mol.